The highest BCUT2D eigenvalue weighted by Gasteiger charge is 2.13. The monoisotopic (exact) mass is 358 g/mol. The Morgan fingerprint density at radius 3 is 2.76 bits per heavy atom. The Morgan fingerprint density at radius 1 is 1.16 bits per heavy atom. The molecule has 0 aliphatic heterocycles. The second kappa shape index (κ2) is 7.49. The predicted octanol–water partition coefficient (Wildman–Crippen LogP) is 3.81. The first-order valence-electron chi connectivity index (χ1n) is 7.88. The fourth-order valence-electron chi connectivity index (χ4n) is 2.75. The SMILES string of the molecule is COc1ccc2[nH]cc(CCNC(=O)c3cc(Cl)ccc3OC)c2c1. The van der Waals surface area contributed by atoms with Crippen LogP contribution in [0.15, 0.2) is 42.6 Å². The van der Waals surface area contributed by atoms with Gasteiger partial charge in [0.2, 0.25) is 0 Å². The second-order valence-corrected chi connectivity index (χ2v) is 6.01. The molecule has 5 nitrogen and oxygen atoms in total. The molecule has 1 heterocycles. The van der Waals surface area contributed by atoms with Gasteiger partial charge in [-0.1, -0.05) is 11.6 Å². The van der Waals surface area contributed by atoms with Gasteiger partial charge in [-0.15, -0.1) is 0 Å². The summed E-state index contributed by atoms with van der Waals surface area (Å²) in [7, 11) is 3.17. The van der Waals surface area contributed by atoms with Crippen molar-refractivity contribution in [3.8, 4) is 11.5 Å². The molecule has 0 saturated heterocycles. The van der Waals surface area contributed by atoms with Crippen molar-refractivity contribution >= 4 is 28.4 Å². The third-order valence-electron chi connectivity index (χ3n) is 4.06. The Kier molecular flexibility index (Phi) is 5.14. The fraction of sp³-hybridized carbons (Fsp3) is 0.211. The van der Waals surface area contributed by atoms with Crippen molar-refractivity contribution in [2.45, 2.75) is 6.42 Å². The lowest BCUT2D eigenvalue weighted by Crippen LogP contribution is -2.26. The predicted molar refractivity (Wildman–Crippen MR) is 98.9 cm³/mol. The van der Waals surface area contributed by atoms with Gasteiger partial charge in [-0.05, 0) is 48.4 Å². The summed E-state index contributed by atoms with van der Waals surface area (Å²) in [5.41, 5.74) is 2.58. The number of benzene rings is 2. The van der Waals surface area contributed by atoms with Gasteiger partial charge in [0.25, 0.3) is 5.91 Å². The van der Waals surface area contributed by atoms with Gasteiger partial charge in [0.15, 0.2) is 0 Å². The van der Waals surface area contributed by atoms with Gasteiger partial charge < -0.3 is 19.8 Å². The molecule has 0 fully saturated rings. The van der Waals surface area contributed by atoms with Crippen molar-refractivity contribution in [3.05, 3.63) is 58.7 Å². The van der Waals surface area contributed by atoms with E-state index in [1.54, 1.807) is 25.3 Å². The number of amides is 1. The molecule has 0 saturated carbocycles. The standard InChI is InChI=1S/C19H19ClN2O3/c1-24-14-4-5-17-15(10-14)12(11-22-17)7-8-21-19(23)16-9-13(20)3-6-18(16)25-2/h3-6,9-11,22H,7-8H2,1-2H3,(H,21,23). The van der Waals surface area contributed by atoms with E-state index in [9.17, 15) is 4.79 Å². The van der Waals surface area contributed by atoms with Gasteiger partial charge in [0.05, 0.1) is 19.8 Å². The highest BCUT2D eigenvalue weighted by molar-refractivity contribution is 6.31. The number of H-pyrrole nitrogens is 1. The molecule has 2 aromatic carbocycles. The Labute approximate surface area is 150 Å². The molecule has 0 spiro atoms. The molecule has 3 aromatic rings. The summed E-state index contributed by atoms with van der Waals surface area (Å²) < 4.78 is 10.5. The molecule has 0 bridgehead atoms. The normalized spacial score (nSPS) is 10.7. The molecule has 3 rings (SSSR count). The topological polar surface area (TPSA) is 63.3 Å². The fourth-order valence-corrected chi connectivity index (χ4v) is 2.93. The highest BCUT2D eigenvalue weighted by Crippen LogP contribution is 2.24. The van der Waals surface area contributed by atoms with Crippen LogP contribution in [0.25, 0.3) is 10.9 Å². The molecule has 0 radical (unpaired) electrons. The number of methoxy groups -OCH3 is 2. The summed E-state index contributed by atoms with van der Waals surface area (Å²) in [6.07, 6.45) is 2.65. The number of aromatic amines is 1. The summed E-state index contributed by atoms with van der Waals surface area (Å²) in [5.74, 6) is 1.09. The first-order valence-corrected chi connectivity index (χ1v) is 8.26. The van der Waals surface area contributed by atoms with E-state index >= 15 is 0 Å². The van der Waals surface area contributed by atoms with E-state index in [0.29, 0.717) is 29.3 Å². The number of fused-ring (bicyclic) bond motifs is 1. The zero-order chi connectivity index (χ0) is 17.8. The van der Waals surface area contributed by atoms with Crippen LogP contribution in [-0.2, 0) is 6.42 Å². The number of rotatable bonds is 6. The summed E-state index contributed by atoms with van der Waals surface area (Å²) >= 11 is 5.98. The summed E-state index contributed by atoms with van der Waals surface area (Å²) in [6, 6.07) is 10.9. The molecular weight excluding hydrogens is 340 g/mol. The number of hydrogen-bond donors (Lipinski definition) is 2. The zero-order valence-corrected chi connectivity index (χ0v) is 14.8. The Balaban J connectivity index is 1.69. The molecule has 1 aromatic heterocycles. The summed E-state index contributed by atoms with van der Waals surface area (Å²) in [6.45, 7) is 0.499. The number of carbonyl (C=O) groups excluding carboxylic acids is 1. The van der Waals surface area contributed by atoms with Gasteiger partial charge in [0, 0.05) is 28.7 Å². The highest BCUT2D eigenvalue weighted by atomic mass is 35.5. The van der Waals surface area contributed by atoms with Crippen LogP contribution in [0.4, 0.5) is 0 Å². The van der Waals surface area contributed by atoms with Crippen molar-refractivity contribution < 1.29 is 14.3 Å². The minimum Gasteiger partial charge on any atom is -0.497 e. The maximum Gasteiger partial charge on any atom is 0.255 e. The molecule has 0 atom stereocenters. The quantitative estimate of drug-likeness (QED) is 0.704. The van der Waals surface area contributed by atoms with E-state index in [-0.39, 0.29) is 5.91 Å². The van der Waals surface area contributed by atoms with Gasteiger partial charge >= 0.3 is 0 Å². The van der Waals surface area contributed by atoms with Crippen molar-refractivity contribution in [2.24, 2.45) is 0 Å². The third kappa shape index (κ3) is 3.72. The lowest BCUT2D eigenvalue weighted by Gasteiger charge is -2.09. The zero-order valence-electron chi connectivity index (χ0n) is 14.1. The van der Waals surface area contributed by atoms with E-state index in [4.69, 9.17) is 21.1 Å². The average Bonchev–Trinajstić information content (AvgIpc) is 3.03. The molecule has 6 heteroatoms. The van der Waals surface area contributed by atoms with Crippen molar-refractivity contribution in [2.75, 3.05) is 20.8 Å². The number of hydrogen-bond acceptors (Lipinski definition) is 3. The van der Waals surface area contributed by atoms with Crippen LogP contribution in [0.2, 0.25) is 5.02 Å². The van der Waals surface area contributed by atoms with Crippen LogP contribution in [0.5, 0.6) is 11.5 Å². The Bertz CT molecular complexity index is 905. The van der Waals surface area contributed by atoms with Gasteiger partial charge in [-0.25, -0.2) is 0 Å². The van der Waals surface area contributed by atoms with Crippen LogP contribution >= 0.6 is 11.6 Å². The second-order valence-electron chi connectivity index (χ2n) is 5.58. The van der Waals surface area contributed by atoms with E-state index in [0.717, 1.165) is 22.2 Å². The average molecular weight is 359 g/mol. The number of carbonyl (C=O) groups is 1. The lowest BCUT2D eigenvalue weighted by atomic mass is 10.1. The first-order chi connectivity index (χ1) is 12.1. The minimum atomic E-state index is -0.211. The summed E-state index contributed by atoms with van der Waals surface area (Å²) in [4.78, 5) is 15.6. The lowest BCUT2D eigenvalue weighted by molar-refractivity contribution is 0.0951. The van der Waals surface area contributed by atoms with Crippen LogP contribution in [0.1, 0.15) is 15.9 Å². The number of ether oxygens (including phenoxy) is 2. The van der Waals surface area contributed by atoms with Crippen LogP contribution in [0.3, 0.4) is 0 Å². The molecule has 2 N–H and O–H groups in total. The van der Waals surface area contributed by atoms with E-state index in [1.165, 1.54) is 7.11 Å². The maximum absolute atomic E-state index is 12.4. The Hall–Kier alpha value is -2.66. The molecule has 0 unspecified atom stereocenters. The molecule has 1 amide bonds. The molecule has 0 aliphatic rings. The van der Waals surface area contributed by atoms with Gasteiger partial charge in [0.1, 0.15) is 11.5 Å². The number of halogens is 1. The molecule has 130 valence electrons. The Morgan fingerprint density at radius 2 is 2.00 bits per heavy atom. The third-order valence-corrected chi connectivity index (χ3v) is 4.30. The molecule has 0 aliphatic carbocycles. The molecular formula is C19H19ClN2O3. The van der Waals surface area contributed by atoms with E-state index in [2.05, 4.69) is 10.3 Å². The smallest absolute Gasteiger partial charge is 0.255 e. The van der Waals surface area contributed by atoms with Crippen LogP contribution in [-0.4, -0.2) is 31.7 Å². The van der Waals surface area contributed by atoms with Crippen molar-refractivity contribution in [1.82, 2.24) is 10.3 Å². The first kappa shape index (κ1) is 17.2. The summed E-state index contributed by atoms with van der Waals surface area (Å²) in [5, 5.41) is 4.50. The van der Waals surface area contributed by atoms with Crippen LogP contribution < -0.4 is 14.8 Å². The van der Waals surface area contributed by atoms with E-state index < -0.39 is 0 Å². The van der Waals surface area contributed by atoms with Gasteiger partial charge in [-0.2, -0.15) is 0 Å². The van der Waals surface area contributed by atoms with Crippen molar-refractivity contribution in [3.63, 3.8) is 0 Å². The number of nitrogens with one attached hydrogen (secondary N) is 2. The molecule has 25 heavy (non-hydrogen) atoms. The van der Waals surface area contributed by atoms with E-state index in [1.807, 2.05) is 24.4 Å². The van der Waals surface area contributed by atoms with Gasteiger partial charge in [-0.3, -0.25) is 4.79 Å². The largest absolute Gasteiger partial charge is 0.497 e. The number of aromatic nitrogens is 1. The maximum atomic E-state index is 12.4. The van der Waals surface area contributed by atoms with Crippen molar-refractivity contribution in [1.29, 1.82) is 0 Å². The minimum absolute atomic E-state index is 0.211. The van der Waals surface area contributed by atoms with Crippen LogP contribution in [0, 0.1) is 0 Å².